The number of para-hydroxylation sites is 1. The van der Waals surface area contributed by atoms with Crippen molar-refractivity contribution in [1.82, 2.24) is 20.4 Å². The molecular weight excluding hydrogens is 587 g/mol. The van der Waals surface area contributed by atoms with Crippen LogP contribution in [0.15, 0.2) is 45.8 Å². The number of carbonyl (C=O) groups is 3. The fraction of sp³-hybridized carbons (Fsp3) is 0.321. The maximum absolute atomic E-state index is 13.2. The Kier molecular flexibility index (Phi) is 9.90. The van der Waals surface area contributed by atoms with E-state index in [0.717, 1.165) is 5.39 Å². The van der Waals surface area contributed by atoms with Gasteiger partial charge in [-0.25, -0.2) is 4.79 Å². The lowest BCUT2D eigenvalue weighted by Crippen LogP contribution is -2.51. The minimum absolute atomic E-state index is 0.0115. The molecule has 0 saturated heterocycles. The van der Waals surface area contributed by atoms with Gasteiger partial charge in [0.05, 0.1) is 22.2 Å². The first kappa shape index (κ1) is 30.6. The fourth-order valence-electron chi connectivity index (χ4n) is 4.54. The summed E-state index contributed by atoms with van der Waals surface area (Å²) >= 11 is 13.1. The Bertz CT molecular complexity index is 1550. The van der Waals surface area contributed by atoms with Crippen LogP contribution in [0.3, 0.4) is 0 Å². The summed E-state index contributed by atoms with van der Waals surface area (Å²) in [5.41, 5.74) is 1.86. The second-order valence-electron chi connectivity index (χ2n) is 9.51. The molecule has 2 amide bonds. The lowest BCUT2D eigenvalue weighted by Gasteiger charge is -2.30. The number of aliphatic carboxylic acids is 1. The van der Waals surface area contributed by atoms with Gasteiger partial charge in [0.15, 0.2) is 5.76 Å². The molecule has 1 aliphatic heterocycles. The van der Waals surface area contributed by atoms with E-state index in [2.05, 4.69) is 15.6 Å². The zero-order valence-corrected chi connectivity index (χ0v) is 24.3. The third-order valence-corrected chi connectivity index (χ3v) is 7.49. The second-order valence-corrected chi connectivity index (χ2v) is 10.3. The number of carboxylic acid groups (broad SMARTS) is 1. The molecule has 220 valence electrons. The molecule has 1 atom stereocenters. The van der Waals surface area contributed by atoms with Crippen LogP contribution in [0.2, 0.25) is 10.0 Å². The Morgan fingerprint density at radius 2 is 2.05 bits per heavy atom. The van der Waals surface area contributed by atoms with Gasteiger partial charge in [0.25, 0.3) is 11.8 Å². The number of halogens is 2. The molecule has 2 heterocycles. The smallest absolute Gasteiger partial charge is 0.328 e. The molecule has 0 saturated carbocycles. The van der Waals surface area contributed by atoms with Gasteiger partial charge in [-0.15, -0.1) is 4.99 Å². The van der Waals surface area contributed by atoms with E-state index in [4.69, 9.17) is 37.6 Å². The predicted molar refractivity (Wildman–Crippen MR) is 156 cm³/mol. The number of aliphatic imine (C=N–C) groups is 1. The summed E-state index contributed by atoms with van der Waals surface area (Å²) in [7, 11) is 3.17. The summed E-state index contributed by atoms with van der Waals surface area (Å²) < 4.78 is 10.7. The molecule has 3 N–H and O–H groups in total. The van der Waals surface area contributed by atoms with Gasteiger partial charge in [0.1, 0.15) is 11.6 Å². The van der Waals surface area contributed by atoms with Crippen LogP contribution in [0.4, 0.5) is 0 Å². The highest BCUT2D eigenvalue weighted by Gasteiger charge is 2.30. The molecular formula is C28H28Cl2N6O6. The summed E-state index contributed by atoms with van der Waals surface area (Å²) in [4.78, 5) is 45.2. The number of carbonyl (C=O) groups excluding carboxylic acids is 2. The van der Waals surface area contributed by atoms with Crippen molar-refractivity contribution in [2.45, 2.75) is 19.0 Å². The van der Waals surface area contributed by atoms with Crippen LogP contribution in [-0.4, -0.2) is 85.1 Å². The first-order valence-electron chi connectivity index (χ1n) is 12.9. The van der Waals surface area contributed by atoms with Crippen molar-refractivity contribution in [3.8, 4) is 6.19 Å². The van der Waals surface area contributed by atoms with E-state index in [1.54, 1.807) is 41.2 Å². The van der Waals surface area contributed by atoms with Crippen molar-refractivity contribution in [3.05, 3.63) is 68.9 Å². The molecule has 0 bridgehead atoms. The highest BCUT2D eigenvalue weighted by molar-refractivity contribution is 6.40. The number of hydrogen-bond acceptors (Lipinski definition) is 7. The number of hydrogen-bond donors (Lipinski definition) is 3. The quantitative estimate of drug-likeness (QED) is 0.187. The summed E-state index contributed by atoms with van der Waals surface area (Å²) in [6, 6.07) is 9.19. The number of furan rings is 1. The molecule has 0 aliphatic carbocycles. The number of guanidine groups is 1. The van der Waals surface area contributed by atoms with Crippen molar-refractivity contribution in [3.63, 3.8) is 0 Å². The van der Waals surface area contributed by atoms with E-state index < -0.39 is 17.9 Å². The van der Waals surface area contributed by atoms with Gasteiger partial charge in [-0.05, 0) is 35.7 Å². The van der Waals surface area contributed by atoms with Gasteiger partial charge in [0, 0.05) is 45.7 Å². The normalized spacial score (nSPS) is 13.7. The van der Waals surface area contributed by atoms with Crippen molar-refractivity contribution in [2.24, 2.45) is 4.99 Å². The minimum Gasteiger partial charge on any atom is -0.480 e. The van der Waals surface area contributed by atoms with Gasteiger partial charge in [-0.1, -0.05) is 41.4 Å². The van der Waals surface area contributed by atoms with Crippen LogP contribution in [0.5, 0.6) is 0 Å². The molecule has 3 aromatic rings. The van der Waals surface area contributed by atoms with Crippen molar-refractivity contribution >= 4 is 57.9 Å². The largest absolute Gasteiger partial charge is 0.480 e. The Balaban J connectivity index is 1.48. The van der Waals surface area contributed by atoms with Crippen LogP contribution in [-0.2, 0) is 22.5 Å². The topological polar surface area (TPSA) is 160 Å². The molecule has 0 radical (unpaired) electrons. The van der Waals surface area contributed by atoms with Crippen LogP contribution in [0.25, 0.3) is 11.0 Å². The Hall–Kier alpha value is -4.31. The lowest BCUT2D eigenvalue weighted by molar-refractivity contribution is -0.139. The fourth-order valence-corrected chi connectivity index (χ4v) is 5.31. The highest BCUT2D eigenvalue weighted by atomic mass is 35.5. The van der Waals surface area contributed by atoms with Gasteiger partial charge < -0.3 is 34.7 Å². The van der Waals surface area contributed by atoms with Gasteiger partial charge in [0.2, 0.25) is 12.2 Å². The summed E-state index contributed by atoms with van der Waals surface area (Å²) in [5.74, 6) is -2.06. The van der Waals surface area contributed by atoms with Crippen molar-refractivity contribution < 1.29 is 28.6 Å². The Morgan fingerprint density at radius 3 is 2.74 bits per heavy atom. The molecule has 1 aliphatic rings. The molecule has 0 spiro atoms. The van der Waals surface area contributed by atoms with Gasteiger partial charge >= 0.3 is 5.97 Å². The number of fused-ring (bicyclic) bond motifs is 2. The van der Waals surface area contributed by atoms with Gasteiger partial charge in [-0.2, -0.15) is 5.26 Å². The van der Waals surface area contributed by atoms with Crippen LogP contribution < -0.4 is 10.6 Å². The van der Waals surface area contributed by atoms with Crippen LogP contribution in [0, 0.1) is 11.5 Å². The summed E-state index contributed by atoms with van der Waals surface area (Å²) in [6.45, 7) is 0.979. The van der Waals surface area contributed by atoms with Crippen molar-refractivity contribution in [2.75, 3.05) is 40.4 Å². The van der Waals surface area contributed by atoms with Crippen LogP contribution in [0.1, 0.15) is 32.0 Å². The van der Waals surface area contributed by atoms with E-state index >= 15 is 0 Å². The highest BCUT2D eigenvalue weighted by Crippen LogP contribution is 2.35. The molecule has 1 aromatic heterocycles. The summed E-state index contributed by atoms with van der Waals surface area (Å²) in [6.07, 6.45) is 2.01. The van der Waals surface area contributed by atoms with Crippen LogP contribution >= 0.6 is 23.2 Å². The molecule has 42 heavy (non-hydrogen) atoms. The number of amides is 2. The molecule has 0 fully saturated rings. The predicted octanol–water partition coefficient (Wildman–Crippen LogP) is 3.13. The zero-order chi connectivity index (χ0) is 30.4. The average Bonchev–Trinajstić information content (AvgIpc) is 3.41. The maximum Gasteiger partial charge on any atom is 0.328 e. The molecule has 2 aromatic carbocycles. The lowest BCUT2D eigenvalue weighted by atomic mass is 9.96. The van der Waals surface area contributed by atoms with E-state index in [0.29, 0.717) is 42.8 Å². The van der Waals surface area contributed by atoms with E-state index in [1.165, 1.54) is 7.11 Å². The zero-order valence-electron chi connectivity index (χ0n) is 22.8. The Morgan fingerprint density at radius 1 is 1.29 bits per heavy atom. The second kappa shape index (κ2) is 13.6. The maximum atomic E-state index is 13.2. The molecule has 14 heteroatoms. The Labute approximate surface area is 251 Å². The number of methoxy groups -OCH3 is 1. The first-order chi connectivity index (χ1) is 20.1. The number of ether oxygens (including phenoxy) is 1. The third kappa shape index (κ3) is 6.76. The number of nitriles is 1. The third-order valence-electron chi connectivity index (χ3n) is 6.77. The number of rotatable bonds is 9. The minimum atomic E-state index is -1.41. The van der Waals surface area contributed by atoms with Gasteiger partial charge in [-0.3, -0.25) is 9.59 Å². The number of benzene rings is 2. The molecule has 4 rings (SSSR count). The summed E-state index contributed by atoms with van der Waals surface area (Å²) in [5, 5.41) is 24.9. The molecule has 12 nitrogen and oxygen atoms in total. The number of likely N-dealkylation sites (N-methyl/N-ethyl adjacent to an activating group) is 1. The van der Waals surface area contributed by atoms with E-state index in [1.807, 2.05) is 18.2 Å². The SMILES string of the molecule is COCCN(C)C(=NC#N)NC[C@H](NC(=O)c1c(Cl)cc2c(c1Cl)CCN(C(=O)c1cc3ccccc3o1)C2)C(=O)O. The van der Waals surface area contributed by atoms with E-state index in [9.17, 15) is 19.5 Å². The van der Waals surface area contributed by atoms with Crippen molar-refractivity contribution in [1.29, 1.82) is 5.26 Å². The standard InChI is InChI=1S/C28H28Cl2N6O6/c1-35(9-10-41-2)28(33-15-31)32-13-20(27(39)40)34-25(37)23-19(29)11-17-14-36(8-7-18(17)24(23)30)26(38)22-12-16-5-3-4-6-21(16)42-22/h3-6,11-12,20H,7-10,13-14H2,1-2H3,(H,32,33)(H,34,37)(H,39,40)/t20-/m0/s1. The average molecular weight is 615 g/mol. The number of nitrogens with zero attached hydrogens (tertiary/aromatic N) is 4. The first-order valence-corrected chi connectivity index (χ1v) is 13.6. The number of nitrogens with one attached hydrogen (secondary N) is 2. The monoisotopic (exact) mass is 614 g/mol. The molecule has 0 unspecified atom stereocenters. The number of carboxylic acids is 1. The van der Waals surface area contributed by atoms with E-state index in [-0.39, 0.29) is 46.3 Å².